The van der Waals surface area contributed by atoms with Gasteiger partial charge in [0.1, 0.15) is 0 Å². The van der Waals surface area contributed by atoms with E-state index in [1.165, 1.54) is 0 Å². The molecule has 1 saturated heterocycles. The molecule has 0 bridgehead atoms. The first-order valence-electron chi connectivity index (χ1n) is 9.14. The van der Waals surface area contributed by atoms with Crippen LogP contribution in [0.5, 0.6) is 0 Å². The number of likely N-dealkylation sites (tertiary alicyclic amines) is 1. The summed E-state index contributed by atoms with van der Waals surface area (Å²) in [6.07, 6.45) is 1.18. The van der Waals surface area contributed by atoms with E-state index in [-0.39, 0.29) is 30.3 Å². The maximum atomic E-state index is 12.8. The Morgan fingerprint density at radius 1 is 1.07 bits per heavy atom. The summed E-state index contributed by atoms with van der Waals surface area (Å²) in [5.74, 6) is -1.09. The maximum Gasteiger partial charge on any atom is 0.306 e. The number of hydrogen-bond donors (Lipinski definition) is 2. The molecule has 2 N–H and O–H groups in total. The van der Waals surface area contributed by atoms with Crippen LogP contribution in [-0.2, 0) is 9.59 Å². The molecule has 0 aromatic heterocycles. The van der Waals surface area contributed by atoms with Crippen LogP contribution in [0.2, 0.25) is 0 Å². The highest BCUT2D eigenvalue weighted by atomic mass is 35.5. The first-order chi connectivity index (χ1) is 13.0. The maximum absolute atomic E-state index is 12.8. The molecular weight excluding hydrogens is 396 g/mol. The molecule has 1 heterocycles. The van der Waals surface area contributed by atoms with E-state index >= 15 is 0 Å². The standard InChI is InChI=1S/C21H24N2O3S.ClH/c1-15(23-13-11-16(12-14-23)21(25)26)20(24)22-18-9-5-6-10-19(18)27-17-7-3-2-4-8-17;/h2-10,15-16H,11-14H2,1H3,(H,22,24)(H,25,26);1H. The second kappa shape index (κ2) is 10.5. The molecule has 150 valence electrons. The van der Waals surface area contributed by atoms with Crippen molar-refractivity contribution in [2.75, 3.05) is 18.4 Å². The Balaban J connectivity index is 0.00000280. The van der Waals surface area contributed by atoms with Crippen LogP contribution in [0.25, 0.3) is 0 Å². The van der Waals surface area contributed by atoms with Crippen LogP contribution in [0.3, 0.4) is 0 Å². The van der Waals surface area contributed by atoms with Gasteiger partial charge >= 0.3 is 5.97 Å². The average Bonchev–Trinajstić information content (AvgIpc) is 2.69. The summed E-state index contributed by atoms with van der Waals surface area (Å²) in [5, 5.41) is 12.2. The van der Waals surface area contributed by atoms with Gasteiger partial charge in [0, 0.05) is 9.79 Å². The molecule has 28 heavy (non-hydrogen) atoms. The number of hydrogen-bond acceptors (Lipinski definition) is 4. The molecule has 1 aliphatic rings. The molecule has 0 aliphatic carbocycles. The third kappa shape index (κ3) is 5.74. The normalized spacial score (nSPS) is 16.0. The minimum absolute atomic E-state index is 0. The summed E-state index contributed by atoms with van der Waals surface area (Å²) >= 11 is 1.61. The van der Waals surface area contributed by atoms with Gasteiger partial charge < -0.3 is 10.4 Å². The lowest BCUT2D eigenvalue weighted by Crippen LogP contribution is -2.47. The van der Waals surface area contributed by atoms with Gasteiger partial charge in [0.25, 0.3) is 0 Å². The van der Waals surface area contributed by atoms with Crippen LogP contribution in [0.4, 0.5) is 5.69 Å². The third-order valence-electron chi connectivity index (χ3n) is 4.92. The van der Waals surface area contributed by atoms with Crippen molar-refractivity contribution in [1.29, 1.82) is 0 Å². The summed E-state index contributed by atoms with van der Waals surface area (Å²) in [6.45, 7) is 3.14. The van der Waals surface area contributed by atoms with Gasteiger partial charge in [-0.05, 0) is 57.1 Å². The third-order valence-corrected chi connectivity index (χ3v) is 6.01. The fraction of sp³-hybridized carbons (Fsp3) is 0.333. The van der Waals surface area contributed by atoms with Crippen LogP contribution in [0, 0.1) is 5.92 Å². The molecule has 5 nitrogen and oxygen atoms in total. The number of rotatable bonds is 6. The summed E-state index contributed by atoms with van der Waals surface area (Å²) in [5.41, 5.74) is 0.795. The van der Waals surface area contributed by atoms with Gasteiger partial charge in [-0.1, -0.05) is 42.1 Å². The van der Waals surface area contributed by atoms with Crippen molar-refractivity contribution in [3.63, 3.8) is 0 Å². The van der Waals surface area contributed by atoms with Crippen molar-refractivity contribution < 1.29 is 14.7 Å². The van der Waals surface area contributed by atoms with Gasteiger partial charge in [-0.3, -0.25) is 14.5 Å². The van der Waals surface area contributed by atoms with Gasteiger partial charge in [0.15, 0.2) is 0 Å². The zero-order chi connectivity index (χ0) is 19.2. The Kier molecular flexibility index (Phi) is 8.35. The fourth-order valence-corrected chi connectivity index (χ4v) is 4.13. The number of carboxylic acids is 1. The molecule has 0 saturated carbocycles. The Hall–Kier alpha value is -2.02. The number of amides is 1. The monoisotopic (exact) mass is 420 g/mol. The fourth-order valence-electron chi connectivity index (χ4n) is 3.21. The Morgan fingerprint density at radius 3 is 2.32 bits per heavy atom. The molecule has 0 spiro atoms. The summed E-state index contributed by atoms with van der Waals surface area (Å²) in [7, 11) is 0. The number of benzene rings is 2. The van der Waals surface area contributed by atoms with Crippen molar-refractivity contribution in [1.82, 2.24) is 4.90 Å². The number of halogens is 1. The van der Waals surface area contributed by atoms with Gasteiger partial charge in [0.05, 0.1) is 17.6 Å². The number of para-hydroxylation sites is 1. The Bertz CT molecular complexity index is 795. The molecule has 1 unspecified atom stereocenters. The predicted molar refractivity (Wildman–Crippen MR) is 114 cm³/mol. The number of piperidine rings is 1. The predicted octanol–water partition coefficient (Wildman–Crippen LogP) is 4.38. The first kappa shape index (κ1) is 22.3. The van der Waals surface area contributed by atoms with Gasteiger partial charge in [-0.2, -0.15) is 0 Å². The van der Waals surface area contributed by atoms with Crippen LogP contribution < -0.4 is 5.32 Å². The van der Waals surface area contributed by atoms with Crippen molar-refractivity contribution >= 4 is 41.7 Å². The summed E-state index contributed by atoms with van der Waals surface area (Å²) < 4.78 is 0. The number of aliphatic carboxylic acids is 1. The number of carbonyl (C=O) groups is 2. The zero-order valence-electron chi connectivity index (χ0n) is 15.7. The van der Waals surface area contributed by atoms with E-state index in [1.807, 2.05) is 61.5 Å². The first-order valence-corrected chi connectivity index (χ1v) is 9.96. The van der Waals surface area contributed by atoms with E-state index in [0.717, 1.165) is 15.5 Å². The molecule has 2 aromatic rings. The van der Waals surface area contributed by atoms with E-state index in [4.69, 9.17) is 5.11 Å². The Labute approximate surface area is 175 Å². The quantitative estimate of drug-likeness (QED) is 0.725. The second-order valence-electron chi connectivity index (χ2n) is 6.72. The largest absolute Gasteiger partial charge is 0.481 e. The van der Waals surface area contributed by atoms with Crippen molar-refractivity contribution in [2.45, 2.75) is 35.6 Å². The van der Waals surface area contributed by atoms with Gasteiger partial charge in [0.2, 0.25) is 5.91 Å². The number of anilines is 1. The highest BCUT2D eigenvalue weighted by Gasteiger charge is 2.29. The average molecular weight is 421 g/mol. The van der Waals surface area contributed by atoms with Crippen molar-refractivity contribution in [2.24, 2.45) is 5.92 Å². The molecule has 1 atom stereocenters. The number of carboxylic acid groups (broad SMARTS) is 1. The van der Waals surface area contributed by atoms with Gasteiger partial charge in [-0.25, -0.2) is 0 Å². The topological polar surface area (TPSA) is 69.6 Å². The lowest BCUT2D eigenvalue weighted by Gasteiger charge is -2.34. The van der Waals surface area contributed by atoms with Crippen LogP contribution in [-0.4, -0.2) is 41.0 Å². The number of nitrogens with zero attached hydrogens (tertiary/aromatic N) is 1. The van der Waals surface area contributed by atoms with Crippen molar-refractivity contribution in [3.8, 4) is 0 Å². The second-order valence-corrected chi connectivity index (χ2v) is 7.84. The minimum atomic E-state index is -0.737. The molecule has 3 rings (SSSR count). The van der Waals surface area contributed by atoms with E-state index in [2.05, 4.69) is 10.2 Å². The Morgan fingerprint density at radius 2 is 1.68 bits per heavy atom. The summed E-state index contributed by atoms with van der Waals surface area (Å²) in [4.78, 5) is 28.0. The lowest BCUT2D eigenvalue weighted by atomic mass is 9.96. The molecule has 0 radical (unpaired) electrons. The SMILES string of the molecule is CC(C(=O)Nc1ccccc1Sc1ccccc1)N1CCC(C(=O)O)CC1.Cl. The van der Waals surface area contributed by atoms with E-state index in [0.29, 0.717) is 25.9 Å². The highest BCUT2D eigenvalue weighted by molar-refractivity contribution is 7.99. The molecular formula is C21H25ClN2O3S. The molecule has 2 aromatic carbocycles. The summed E-state index contributed by atoms with van der Waals surface area (Å²) in [6, 6.07) is 17.5. The van der Waals surface area contributed by atoms with Crippen LogP contribution in [0.15, 0.2) is 64.4 Å². The lowest BCUT2D eigenvalue weighted by molar-refractivity contribution is -0.143. The zero-order valence-corrected chi connectivity index (χ0v) is 17.3. The number of nitrogens with one attached hydrogen (secondary N) is 1. The molecule has 1 amide bonds. The molecule has 7 heteroatoms. The van der Waals surface area contributed by atoms with E-state index in [1.54, 1.807) is 11.8 Å². The van der Waals surface area contributed by atoms with E-state index < -0.39 is 5.97 Å². The smallest absolute Gasteiger partial charge is 0.306 e. The van der Waals surface area contributed by atoms with E-state index in [9.17, 15) is 9.59 Å². The molecule has 1 fully saturated rings. The van der Waals surface area contributed by atoms with Gasteiger partial charge in [-0.15, -0.1) is 12.4 Å². The van der Waals surface area contributed by atoms with Crippen molar-refractivity contribution in [3.05, 3.63) is 54.6 Å². The molecule has 1 aliphatic heterocycles. The minimum Gasteiger partial charge on any atom is -0.481 e. The highest BCUT2D eigenvalue weighted by Crippen LogP contribution is 2.33. The van der Waals surface area contributed by atoms with Crippen LogP contribution in [0.1, 0.15) is 19.8 Å². The van der Waals surface area contributed by atoms with Crippen LogP contribution >= 0.6 is 24.2 Å². The number of carbonyl (C=O) groups excluding carboxylic acids is 1.